The molecule has 0 saturated carbocycles. The Hall–Kier alpha value is -1.14. The van der Waals surface area contributed by atoms with Crippen LogP contribution in [0.25, 0.3) is 0 Å². The first kappa shape index (κ1) is 47.9. The highest BCUT2D eigenvalue weighted by atomic mass is 16.5. The minimum Gasteiger partial charge on any atom is -0.466 e. The van der Waals surface area contributed by atoms with Crippen LogP contribution < -0.4 is 0 Å². The van der Waals surface area contributed by atoms with Crippen LogP contribution in [0.15, 0.2) is 0 Å². The zero-order valence-electron chi connectivity index (χ0n) is 33.3. The van der Waals surface area contributed by atoms with Gasteiger partial charge in [0.15, 0.2) is 0 Å². The van der Waals surface area contributed by atoms with Gasteiger partial charge in [0.05, 0.1) is 25.7 Å². The number of rotatable bonds is 40. The van der Waals surface area contributed by atoms with E-state index in [2.05, 4.69) is 25.7 Å². The van der Waals surface area contributed by atoms with Gasteiger partial charge in [-0.1, -0.05) is 168 Å². The number of ether oxygens (including phenoxy) is 2. The van der Waals surface area contributed by atoms with Gasteiger partial charge in [-0.15, -0.1) is 0 Å². The highest BCUT2D eigenvalue weighted by Gasteiger charge is 2.19. The molecule has 0 bridgehead atoms. The number of aliphatic hydroxyl groups is 1. The first-order valence-corrected chi connectivity index (χ1v) is 21.7. The maximum Gasteiger partial charge on any atom is 0.308 e. The Morgan fingerprint density at radius 2 is 0.857 bits per heavy atom. The topological polar surface area (TPSA) is 76.1 Å². The Morgan fingerprint density at radius 3 is 1.33 bits per heavy atom. The number of unbranched alkanes of at least 4 members (excludes halogenated alkanes) is 23. The SMILES string of the molecule is CCCCCCCCCC(=O)OCCCCCCCN(CCO)CCCCCCCOC(=O)C(CCCCCCC)CCCCCCCC. The minimum atomic E-state index is -0.0253. The molecule has 1 atom stereocenters. The molecule has 0 fully saturated rings. The summed E-state index contributed by atoms with van der Waals surface area (Å²) in [6, 6.07) is 0. The number of aliphatic hydroxyl groups excluding tert-OH is 1. The van der Waals surface area contributed by atoms with Crippen molar-refractivity contribution in [1.29, 1.82) is 0 Å². The predicted octanol–water partition coefficient (Wildman–Crippen LogP) is 12.1. The first-order chi connectivity index (χ1) is 24.1. The fourth-order valence-electron chi connectivity index (χ4n) is 6.73. The van der Waals surface area contributed by atoms with Crippen LogP contribution in [0, 0.1) is 5.92 Å². The third kappa shape index (κ3) is 35.1. The number of nitrogens with zero attached hydrogens (tertiary/aromatic N) is 1. The molecule has 0 aromatic rings. The Labute approximate surface area is 305 Å². The van der Waals surface area contributed by atoms with E-state index in [4.69, 9.17) is 9.47 Å². The van der Waals surface area contributed by atoms with Gasteiger partial charge in [0.2, 0.25) is 0 Å². The van der Waals surface area contributed by atoms with E-state index in [-0.39, 0.29) is 24.5 Å². The maximum atomic E-state index is 12.9. The van der Waals surface area contributed by atoms with Crippen molar-refractivity contribution in [2.45, 2.75) is 220 Å². The molecule has 0 aliphatic carbocycles. The van der Waals surface area contributed by atoms with Crippen LogP contribution in [-0.4, -0.2) is 61.4 Å². The van der Waals surface area contributed by atoms with E-state index in [1.165, 1.54) is 116 Å². The van der Waals surface area contributed by atoms with E-state index < -0.39 is 0 Å². The molecule has 0 rings (SSSR count). The molecule has 1 N–H and O–H groups in total. The van der Waals surface area contributed by atoms with Gasteiger partial charge in [0.1, 0.15) is 0 Å². The average Bonchev–Trinajstić information content (AvgIpc) is 3.10. The van der Waals surface area contributed by atoms with Gasteiger partial charge in [0, 0.05) is 13.0 Å². The molecule has 0 saturated heterocycles. The Kier molecular flexibility index (Phi) is 38.7. The highest BCUT2D eigenvalue weighted by molar-refractivity contribution is 5.72. The van der Waals surface area contributed by atoms with Crippen LogP contribution in [-0.2, 0) is 19.1 Å². The van der Waals surface area contributed by atoms with Gasteiger partial charge in [0.25, 0.3) is 0 Å². The fourth-order valence-corrected chi connectivity index (χ4v) is 6.73. The number of hydrogen-bond donors (Lipinski definition) is 1. The van der Waals surface area contributed by atoms with Gasteiger partial charge in [-0.2, -0.15) is 0 Å². The minimum absolute atomic E-state index is 0.0253. The molecule has 0 spiro atoms. The molecule has 6 nitrogen and oxygen atoms in total. The lowest BCUT2D eigenvalue weighted by molar-refractivity contribution is -0.149. The maximum absolute atomic E-state index is 12.9. The highest BCUT2D eigenvalue weighted by Crippen LogP contribution is 2.21. The largest absolute Gasteiger partial charge is 0.466 e. The molecule has 49 heavy (non-hydrogen) atoms. The van der Waals surface area contributed by atoms with Crippen molar-refractivity contribution in [3.63, 3.8) is 0 Å². The quantitative estimate of drug-likeness (QED) is 0.0508. The third-order valence-corrected chi connectivity index (χ3v) is 10.0. The van der Waals surface area contributed by atoms with Crippen LogP contribution in [0.1, 0.15) is 220 Å². The van der Waals surface area contributed by atoms with Crippen molar-refractivity contribution in [3.05, 3.63) is 0 Å². The second-order valence-electron chi connectivity index (χ2n) is 14.8. The van der Waals surface area contributed by atoms with Gasteiger partial charge in [-0.3, -0.25) is 9.59 Å². The summed E-state index contributed by atoms with van der Waals surface area (Å²) in [5, 5.41) is 9.53. The summed E-state index contributed by atoms with van der Waals surface area (Å²) >= 11 is 0. The Morgan fingerprint density at radius 1 is 0.469 bits per heavy atom. The van der Waals surface area contributed by atoms with Gasteiger partial charge in [-0.25, -0.2) is 0 Å². The standard InChI is InChI=1S/C43H85NO5/c1-4-7-10-13-15-20-27-34-42(46)48-39-30-23-16-21-28-35-44(37-38-45)36-29-22-17-24-31-40-49-43(47)41(32-25-18-12-9-6-3)33-26-19-14-11-8-5-2/h41,45H,4-40H2,1-3H3. The molecule has 0 aromatic heterocycles. The van der Waals surface area contributed by atoms with E-state index in [1.54, 1.807) is 0 Å². The lowest BCUT2D eigenvalue weighted by Gasteiger charge is -2.21. The Bertz CT molecular complexity index is 687. The van der Waals surface area contributed by atoms with E-state index in [0.717, 1.165) is 96.7 Å². The third-order valence-electron chi connectivity index (χ3n) is 10.0. The number of carbonyl (C=O) groups is 2. The van der Waals surface area contributed by atoms with Crippen LogP contribution in [0.4, 0.5) is 0 Å². The monoisotopic (exact) mass is 696 g/mol. The van der Waals surface area contributed by atoms with E-state index >= 15 is 0 Å². The summed E-state index contributed by atoms with van der Waals surface area (Å²) in [6.07, 6.45) is 36.2. The van der Waals surface area contributed by atoms with Crippen molar-refractivity contribution in [3.8, 4) is 0 Å². The summed E-state index contributed by atoms with van der Waals surface area (Å²) in [4.78, 5) is 27.2. The first-order valence-electron chi connectivity index (χ1n) is 21.7. The second-order valence-corrected chi connectivity index (χ2v) is 14.8. The molecule has 1 unspecified atom stereocenters. The van der Waals surface area contributed by atoms with Crippen LogP contribution >= 0.6 is 0 Å². The van der Waals surface area contributed by atoms with E-state index in [9.17, 15) is 14.7 Å². The van der Waals surface area contributed by atoms with Crippen molar-refractivity contribution in [2.24, 2.45) is 5.92 Å². The predicted molar refractivity (Wildman–Crippen MR) is 209 cm³/mol. The normalized spacial score (nSPS) is 12.1. The summed E-state index contributed by atoms with van der Waals surface area (Å²) in [5.41, 5.74) is 0. The van der Waals surface area contributed by atoms with Crippen molar-refractivity contribution >= 4 is 11.9 Å². The van der Waals surface area contributed by atoms with Crippen LogP contribution in [0.2, 0.25) is 0 Å². The molecule has 0 aromatic carbocycles. The molecule has 0 amide bonds. The summed E-state index contributed by atoms with van der Waals surface area (Å²) in [5.74, 6) is 0.128. The van der Waals surface area contributed by atoms with Crippen molar-refractivity contribution in [2.75, 3.05) is 39.5 Å². The fraction of sp³-hybridized carbons (Fsp3) is 0.953. The lowest BCUT2D eigenvalue weighted by atomic mass is 9.94. The lowest BCUT2D eigenvalue weighted by Crippen LogP contribution is -2.29. The van der Waals surface area contributed by atoms with Crippen LogP contribution in [0.3, 0.4) is 0 Å². The van der Waals surface area contributed by atoms with Gasteiger partial charge < -0.3 is 19.5 Å². The molecular formula is C43H85NO5. The Balaban J connectivity index is 3.90. The zero-order chi connectivity index (χ0) is 35.9. The number of carbonyl (C=O) groups excluding carboxylic acids is 2. The van der Waals surface area contributed by atoms with E-state index in [1.807, 2.05) is 0 Å². The second kappa shape index (κ2) is 39.6. The molecule has 0 aliphatic rings. The summed E-state index contributed by atoms with van der Waals surface area (Å²) < 4.78 is 11.2. The zero-order valence-corrected chi connectivity index (χ0v) is 33.3. The van der Waals surface area contributed by atoms with Crippen molar-refractivity contribution < 1.29 is 24.2 Å². The summed E-state index contributed by atoms with van der Waals surface area (Å²) in [6.45, 7) is 10.9. The van der Waals surface area contributed by atoms with Crippen LogP contribution in [0.5, 0.6) is 0 Å². The molecule has 0 radical (unpaired) electrons. The van der Waals surface area contributed by atoms with E-state index in [0.29, 0.717) is 19.6 Å². The average molecular weight is 696 g/mol. The summed E-state index contributed by atoms with van der Waals surface area (Å²) in [7, 11) is 0. The number of esters is 2. The molecule has 292 valence electrons. The molecule has 0 aliphatic heterocycles. The number of hydrogen-bond acceptors (Lipinski definition) is 6. The van der Waals surface area contributed by atoms with Gasteiger partial charge in [-0.05, 0) is 58.0 Å². The van der Waals surface area contributed by atoms with Gasteiger partial charge >= 0.3 is 11.9 Å². The molecule has 6 heteroatoms. The molecular weight excluding hydrogens is 610 g/mol. The smallest absolute Gasteiger partial charge is 0.308 e. The van der Waals surface area contributed by atoms with Crippen molar-refractivity contribution in [1.82, 2.24) is 4.90 Å². The molecule has 0 heterocycles.